The van der Waals surface area contributed by atoms with Crippen LogP contribution in [0.15, 0.2) is 9.98 Å². The van der Waals surface area contributed by atoms with Crippen molar-refractivity contribution in [1.29, 1.82) is 0 Å². The number of nitrogens with one attached hydrogen (secondary N) is 2. The maximum absolute atomic E-state index is 4.60. The third kappa shape index (κ3) is 3.45. The van der Waals surface area contributed by atoms with Crippen LogP contribution in [0.1, 0.15) is 34.1 Å². The number of nitrogens with zero attached hydrogens (tertiary/aromatic N) is 2. The first-order chi connectivity index (χ1) is 7.86. The summed E-state index contributed by atoms with van der Waals surface area (Å²) in [5.41, 5.74) is 0.570. The van der Waals surface area contributed by atoms with E-state index >= 15 is 0 Å². The Morgan fingerprint density at radius 1 is 0.882 bits per heavy atom. The van der Waals surface area contributed by atoms with Crippen LogP contribution in [0.3, 0.4) is 0 Å². The van der Waals surface area contributed by atoms with Gasteiger partial charge in [-0.05, 0) is 0 Å². The minimum Gasteiger partial charge on any atom is -0.373 e. The molecule has 2 N–H and O–H groups in total. The third-order valence-electron chi connectivity index (χ3n) is 3.27. The van der Waals surface area contributed by atoms with Crippen LogP contribution in [0, 0.1) is 10.8 Å². The monoisotopic (exact) mass is 236 g/mol. The fraction of sp³-hybridized carbons (Fsp3) is 0.846. The second-order valence-corrected chi connectivity index (χ2v) is 6.74. The Morgan fingerprint density at radius 2 is 1.29 bits per heavy atom. The lowest BCUT2D eigenvalue weighted by molar-refractivity contribution is 0.356. The Hall–Kier alpha value is -1.06. The topological polar surface area (TPSA) is 48.8 Å². The summed E-state index contributed by atoms with van der Waals surface area (Å²) in [6.45, 7) is 12.8. The lowest BCUT2D eigenvalue weighted by Crippen LogP contribution is -2.46. The predicted molar refractivity (Wildman–Crippen MR) is 72.8 cm³/mol. The van der Waals surface area contributed by atoms with E-state index in [1.165, 1.54) is 0 Å². The fourth-order valence-corrected chi connectivity index (χ4v) is 1.92. The smallest absolute Gasteiger partial charge is 0.104 e. The van der Waals surface area contributed by atoms with Crippen LogP contribution in [-0.4, -0.2) is 37.9 Å². The normalized spacial score (nSPS) is 26.4. The van der Waals surface area contributed by atoms with Gasteiger partial charge in [-0.2, -0.15) is 0 Å². The Morgan fingerprint density at radius 3 is 1.59 bits per heavy atom. The van der Waals surface area contributed by atoms with E-state index in [0.29, 0.717) is 0 Å². The molecule has 0 saturated carbocycles. The van der Waals surface area contributed by atoms with E-state index in [4.69, 9.17) is 0 Å². The molecule has 0 atom stereocenters. The van der Waals surface area contributed by atoms with Gasteiger partial charge >= 0.3 is 0 Å². The van der Waals surface area contributed by atoms with Gasteiger partial charge in [0.15, 0.2) is 0 Å². The van der Waals surface area contributed by atoms with Crippen molar-refractivity contribution in [3.63, 3.8) is 0 Å². The minimum atomic E-state index is 0.285. The van der Waals surface area contributed by atoms with Gasteiger partial charge in [0.1, 0.15) is 11.7 Å². The highest BCUT2D eigenvalue weighted by molar-refractivity contribution is 6.02. The van der Waals surface area contributed by atoms with Crippen molar-refractivity contribution in [2.24, 2.45) is 20.8 Å². The van der Waals surface area contributed by atoms with Gasteiger partial charge in [0.25, 0.3) is 0 Å². The molecule has 2 rings (SSSR count). The Labute approximate surface area is 104 Å². The van der Waals surface area contributed by atoms with Crippen molar-refractivity contribution in [3.05, 3.63) is 0 Å². The fourth-order valence-electron chi connectivity index (χ4n) is 1.92. The molecule has 0 radical (unpaired) electrons. The van der Waals surface area contributed by atoms with Crippen LogP contribution in [0.2, 0.25) is 0 Å². The van der Waals surface area contributed by atoms with Crippen molar-refractivity contribution in [2.75, 3.05) is 26.2 Å². The first-order valence-electron chi connectivity index (χ1n) is 6.41. The summed E-state index contributed by atoms with van der Waals surface area (Å²) in [7, 11) is 0. The molecule has 0 aromatic heterocycles. The van der Waals surface area contributed by atoms with E-state index in [0.717, 1.165) is 44.3 Å². The zero-order valence-corrected chi connectivity index (χ0v) is 11.4. The maximum Gasteiger partial charge on any atom is 0.104 e. The number of rotatable bonds is 2. The molecule has 4 heteroatoms. The Balaban J connectivity index is 1.91. The molecule has 2 aliphatic heterocycles. The number of hydrogen-bond donors (Lipinski definition) is 2. The van der Waals surface area contributed by atoms with Crippen molar-refractivity contribution in [1.82, 2.24) is 10.6 Å². The molecule has 0 fully saturated rings. The van der Waals surface area contributed by atoms with Crippen molar-refractivity contribution < 1.29 is 0 Å². The second-order valence-electron chi connectivity index (χ2n) is 6.74. The van der Waals surface area contributed by atoms with Gasteiger partial charge in [0.05, 0.1) is 6.42 Å². The summed E-state index contributed by atoms with van der Waals surface area (Å²) in [6, 6.07) is 0. The first-order valence-corrected chi connectivity index (χ1v) is 6.41. The molecular formula is C13H24N4. The number of amidine groups is 2. The zero-order valence-electron chi connectivity index (χ0n) is 11.4. The summed E-state index contributed by atoms with van der Waals surface area (Å²) in [5.74, 6) is 2.16. The van der Waals surface area contributed by atoms with Gasteiger partial charge < -0.3 is 10.6 Å². The highest BCUT2D eigenvalue weighted by Gasteiger charge is 2.25. The highest BCUT2D eigenvalue weighted by Crippen LogP contribution is 2.19. The SMILES string of the molecule is CC1(C)CN=C(CC2=NCC(C)(C)CN2)NC1. The molecule has 2 aliphatic rings. The lowest BCUT2D eigenvalue weighted by Gasteiger charge is -2.32. The average molecular weight is 236 g/mol. The molecule has 17 heavy (non-hydrogen) atoms. The van der Waals surface area contributed by atoms with Gasteiger partial charge in [-0.3, -0.25) is 9.98 Å². The molecule has 0 saturated heterocycles. The summed E-state index contributed by atoms with van der Waals surface area (Å²) in [4.78, 5) is 9.19. The minimum absolute atomic E-state index is 0.285. The molecule has 0 aromatic rings. The van der Waals surface area contributed by atoms with Gasteiger partial charge in [0, 0.05) is 37.0 Å². The van der Waals surface area contributed by atoms with E-state index in [9.17, 15) is 0 Å². The predicted octanol–water partition coefficient (Wildman–Crippen LogP) is 1.43. The van der Waals surface area contributed by atoms with Crippen LogP contribution in [0.4, 0.5) is 0 Å². The van der Waals surface area contributed by atoms with Crippen LogP contribution in [0.5, 0.6) is 0 Å². The maximum atomic E-state index is 4.60. The van der Waals surface area contributed by atoms with Crippen LogP contribution in [-0.2, 0) is 0 Å². The van der Waals surface area contributed by atoms with Crippen molar-refractivity contribution >= 4 is 11.7 Å². The molecule has 0 aromatic carbocycles. The van der Waals surface area contributed by atoms with E-state index < -0.39 is 0 Å². The molecule has 0 aliphatic carbocycles. The number of aliphatic imine (C=N–C) groups is 2. The highest BCUT2D eigenvalue weighted by atomic mass is 15.1. The molecule has 4 nitrogen and oxygen atoms in total. The lowest BCUT2D eigenvalue weighted by atomic mass is 9.91. The second kappa shape index (κ2) is 4.31. The summed E-state index contributed by atoms with van der Waals surface area (Å²) in [6.07, 6.45) is 0.826. The van der Waals surface area contributed by atoms with Crippen LogP contribution in [0.25, 0.3) is 0 Å². The summed E-state index contributed by atoms with van der Waals surface area (Å²) in [5, 5.41) is 6.81. The van der Waals surface area contributed by atoms with Crippen molar-refractivity contribution in [2.45, 2.75) is 34.1 Å². The quantitative estimate of drug-likeness (QED) is 0.762. The van der Waals surface area contributed by atoms with Gasteiger partial charge in [0.2, 0.25) is 0 Å². The first kappa shape index (κ1) is 12.4. The summed E-state index contributed by atoms with van der Waals surface area (Å²) >= 11 is 0. The van der Waals surface area contributed by atoms with Crippen LogP contribution < -0.4 is 10.6 Å². The average Bonchev–Trinajstić information content (AvgIpc) is 2.24. The van der Waals surface area contributed by atoms with Gasteiger partial charge in [-0.25, -0.2) is 0 Å². The van der Waals surface area contributed by atoms with E-state index in [1.54, 1.807) is 0 Å². The summed E-state index contributed by atoms with van der Waals surface area (Å²) < 4.78 is 0. The largest absolute Gasteiger partial charge is 0.373 e. The molecule has 0 spiro atoms. The molecule has 96 valence electrons. The zero-order chi connectivity index (χ0) is 12.5. The van der Waals surface area contributed by atoms with E-state index in [2.05, 4.69) is 48.3 Å². The van der Waals surface area contributed by atoms with E-state index in [-0.39, 0.29) is 10.8 Å². The third-order valence-corrected chi connectivity index (χ3v) is 3.27. The van der Waals surface area contributed by atoms with Crippen molar-refractivity contribution in [3.8, 4) is 0 Å². The Kier molecular flexibility index (Phi) is 3.15. The molecular weight excluding hydrogens is 212 g/mol. The standard InChI is InChI=1S/C13H24N4/c1-12(2)6-14-10(15-7-12)5-11-16-8-13(3,4)9-17-11/h5-9H2,1-4H3,(H,14,15)(H,16,17). The molecule has 2 heterocycles. The van der Waals surface area contributed by atoms with Gasteiger partial charge in [-0.15, -0.1) is 0 Å². The Bertz CT molecular complexity index is 318. The molecule has 0 bridgehead atoms. The van der Waals surface area contributed by atoms with E-state index in [1.807, 2.05) is 0 Å². The van der Waals surface area contributed by atoms with Gasteiger partial charge in [-0.1, -0.05) is 27.7 Å². The molecule has 0 amide bonds. The molecule has 0 unspecified atom stereocenters. The van der Waals surface area contributed by atoms with Crippen LogP contribution >= 0.6 is 0 Å². The number of hydrogen-bond acceptors (Lipinski definition) is 4.